The highest BCUT2D eigenvalue weighted by atomic mass is 19.1. The highest BCUT2D eigenvalue weighted by molar-refractivity contribution is 5.30. The van der Waals surface area contributed by atoms with Gasteiger partial charge in [-0.1, -0.05) is 36.4 Å². The molecule has 3 nitrogen and oxygen atoms in total. The quantitative estimate of drug-likeness (QED) is 0.788. The van der Waals surface area contributed by atoms with Crippen LogP contribution in [0.2, 0.25) is 0 Å². The molecule has 0 saturated heterocycles. The molecule has 130 valence electrons. The van der Waals surface area contributed by atoms with Gasteiger partial charge in [0.1, 0.15) is 0 Å². The van der Waals surface area contributed by atoms with Crippen LogP contribution < -0.4 is 4.74 Å². The second-order valence-electron chi connectivity index (χ2n) is 6.25. The minimum atomic E-state index is -0.692. The number of benzene rings is 2. The van der Waals surface area contributed by atoms with Gasteiger partial charge in [0.15, 0.2) is 11.6 Å². The van der Waals surface area contributed by atoms with Crippen LogP contribution >= 0.6 is 0 Å². The fourth-order valence-electron chi connectivity index (χ4n) is 2.68. The molecule has 0 heterocycles. The number of halogens is 1. The molecule has 0 aromatic heterocycles. The molecule has 1 atom stereocenters. The maximum absolute atomic E-state index is 13.8. The Kier molecular flexibility index (Phi) is 6.76. The van der Waals surface area contributed by atoms with E-state index in [2.05, 4.69) is 30.9 Å². The molecular weight excluding hydrogens is 305 g/mol. The molecule has 0 saturated carbocycles. The highest BCUT2D eigenvalue weighted by Gasteiger charge is 2.15. The van der Waals surface area contributed by atoms with E-state index in [-0.39, 0.29) is 5.75 Å². The van der Waals surface area contributed by atoms with Crippen LogP contribution in [0.5, 0.6) is 5.75 Å². The summed E-state index contributed by atoms with van der Waals surface area (Å²) in [6, 6.07) is 15.2. The Morgan fingerprint density at radius 3 is 2.42 bits per heavy atom. The van der Waals surface area contributed by atoms with E-state index in [1.807, 2.05) is 18.2 Å². The number of aliphatic hydroxyl groups excluding tert-OH is 1. The van der Waals surface area contributed by atoms with Crippen LogP contribution in [0.25, 0.3) is 0 Å². The van der Waals surface area contributed by atoms with Gasteiger partial charge < -0.3 is 9.84 Å². The van der Waals surface area contributed by atoms with Crippen molar-refractivity contribution >= 4 is 0 Å². The van der Waals surface area contributed by atoms with Gasteiger partial charge in [0, 0.05) is 19.1 Å². The second kappa shape index (κ2) is 8.81. The standard InChI is InChI=1S/C20H26FNO2/c1-15(2)22(14-16-7-5-4-6-8-16)12-11-19(23)17-9-10-20(24-3)18(21)13-17/h4-10,13,15,19,23H,11-12,14H2,1-3H3. The zero-order valence-corrected chi connectivity index (χ0v) is 14.6. The van der Waals surface area contributed by atoms with Gasteiger partial charge in [0.25, 0.3) is 0 Å². The van der Waals surface area contributed by atoms with Crippen LogP contribution in [0, 0.1) is 5.82 Å². The Balaban J connectivity index is 1.97. The van der Waals surface area contributed by atoms with Crippen molar-refractivity contribution in [3.05, 3.63) is 65.5 Å². The van der Waals surface area contributed by atoms with Crippen molar-refractivity contribution < 1.29 is 14.2 Å². The van der Waals surface area contributed by atoms with Gasteiger partial charge in [0.2, 0.25) is 0 Å². The van der Waals surface area contributed by atoms with Crippen molar-refractivity contribution in [2.24, 2.45) is 0 Å². The van der Waals surface area contributed by atoms with Crippen LogP contribution in [-0.2, 0) is 6.54 Å². The zero-order chi connectivity index (χ0) is 17.5. The third-order valence-electron chi connectivity index (χ3n) is 4.21. The summed E-state index contributed by atoms with van der Waals surface area (Å²) in [5.41, 5.74) is 1.83. The molecule has 0 fully saturated rings. The largest absolute Gasteiger partial charge is 0.494 e. The first-order valence-corrected chi connectivity index (χ1v) is 8.30. The zero-order valence-electron chi connectivity index (χ0n) is 14.6. The molecule has 2 aromatic rings. The number of hydrogen-bond donors (Lipinski definition) is 1. The Labute approximate surface area is 143 Å². The highest BCUT2D eigenvalue weighted by Crippen LogP contribution is 2.24. The summed E-state index contributed by atoms with van der Waals surface area (Å²) in [5.74, 6) is -0.252. The summed E-state index contributed by atoms with van der Waals surface area (Å²) < 4.78 is 18.7. The molecule has 1 unspecified atom stereocenters. The monoisotopic (exact) mass is 331 g/mol. The fraction of sp³-hybridized carbons (Fsp3) is 0.400. The van der Waals surface area contributed by atoms with E-state index in [4.69, 9.17) is 4.74 Å². The Morgan fingerprint density at radius 1 is 1.12 bits per heavy atom. The van der Waals surface area contributed by atoms with Gasteiger partial charge in [-0.05, 0) is 43.5 Å². The van der Waals surface area contributed by atoms with Gasteiger partial charge in [-0.25, -0.2) is 4.39 Å². The van der Waals surface area contributed by atoms with E-state index in [1.54, 1.807) is 12.1 Å². The number of aliphatic hydroxyl groups is 1. The summed E-state index contributed by atoms with van der Waals surface area (Å²) in [5, 5.41) is 10.4. The maximum Gasteiger partial charge on any atom is 0.165 e. The SMILES string of the molecule is COc1ccc(C(O)CCN(Cc2ccccc2)C(C)C)cc1F. The summed E-state index contributed by atoms with van der Waals surface area (Å²) >= 11 is 0. The number of ether oxygens (including phenoxy) is 1. The Bertz CT molecular complexity index is 631. The predicted octanol–water partition coefficient (Wildman–Crippen LogP) is 4.17. The van der Waals surface area contributed by atoms with E-state index in [0.29, 0.717) is 18.0 Å². The third-order valence-corrected chi connectivity index (χ3v) is 4.21. The lowest BCUT2D eigenvalue weighted by Crippen LogP contribution is -2.32. The molecule has 0 radical (unpaired) electrons. The van der Waals surface area contributed by atoms with E-state index in [0.717, 1.165) is 13.1 Å². The minimum absolute atomic E-state index is 0.193. The van der Waals surface area contributed by atoms with Crippen molar-refractivity contribution in [2.75, 3.05) is 13.7 Å². The summed E-state index contributed by atoms with van der Waals surface area (Å²) in [6.07, 6.45) is -0.140. The fourth-order valence-corrected chi connectivity index (χ4v) is 2.68. The molecule has 0 spiro atoms. The van der Waals surface area contributed by atoms with Crippen molar-refractivity contribution in [3.8, 4) is 5.75 Å². The molecule has 0 aliphatic carbocycles. The van der Waals surface area contributed by atoms with Crippen molar-refractivity contribution in [3.63, 3.8) is 0 Å². The lowest BCUT2D eigenvalue weighted by atomic mass is 10.1. The first-order valence-electron chi connectivity index (χ1n) is 8.30. The van der Waals surface area contributed by atoms with Crippen LogP contribution in [0.4, 0.5) is 4.39 Å². The lowest BCUT2D eigenvalue weighted by Gasteiger charge is -2.27. The molecule has 2 aromatic carbocycles. The van der Waals surface area contributed by atoms with E-state index < -0.39 is 11.9 Å². The van der Waals surface area contributed by atoms with Gasteiger partial charge in [-0.3, -0.25) is 4.90 Å². The van der Waals surface area contributed by atoms with Crippen LogP contribution in [-0.4, -0.2) is 29.7 Å². The van der Waals surface area contributed by atoms with Gasteiger partial charge in [0.05, 0.1) is 13.2 Å². The summed E-state index contributed by atoms with van der Waals surface area (Å²) in [7, 11) is 1.43. The van der Waals surface area contributed by atoms with E-state index >= 15 is 0 Å². The molecule has 0 aliphatic rings. The topological polar surface area (TPSA) is 32.7 Å². The average molecular weight is 331 g/mol. The lowest BCUT2D eigenvalue weighted by molar-refractivity contribution is 0.126. The van der Waals surface area contributed by atoms with E-state index in [1.165, 1.54) is 18.7 Å². The summed E-state index contributed by atoms with van der Waals surface area (Å²) in [4.78, 5) is 2.30. The Hall–Kier alpha value is -1.91. The molecule has 0 aliphatic heterocycles. The maximum atomic E-state index is 13.8. The van der Waals surface area contributed by atoms with Gasteiger partial charge in [-0.2, -0.15) is 0 Å². The van der Waals surface area contributed by atoms with E-state index in [9.17, 15) is 9.50 Å². The average Bonchev–Trinajstić information content (AvgIpc) is 2.58. The smallest absolute Gasteiger partial charge is 0.165 e. The first-order chi connectivity index (χ1) is 11.5. The third kappa shape index (κ3) is 5.05. The molecule has 0 bridgehead atoms. The molecule has 1 N–H and O–H groups in total. The number of hydrogen-bond acceptors (Lipinski definition) is 3. The molecule has 24 heavy (non-hydrogen) atoms. The molecule has 4 heteroatoms. The van der Waals surface area contributed by atoms with Gasteiger partial charge >= 0.3 is 0 Å². The Morgan fingerprint density at radius 2 is 1.83 bits per heavy atom. The number of methoxy groups -OCH3 is 1. The van der Waals surface area contributed by atoms with Gasteiger partial charge in [-0.15, -0.1) is 0 Å². The second-order valence-corrected chi connectivity index (χ2v) is 6.25. The summed E-state index contributed by atoms with van der Waals surface area (Å²) in [6.45, 7) is 5.86. The molecule has 2 rings (SSSR count). The molecule has 0 amide bonds. The van der Waals surface area contributed by atoms with Crippen molar-refractivity contribution in [1.29, 1.82) is 0 Å². The molecular formula is C20H26FNO2. The first kappa shape index (κ1) is 18.4. The number of rotatable bonds is 8. The van der Waals surface area contributed by atoms with Crippen LogP contribution in [0.3, 0.4) is 0 Å². The van der Waals surface area contributed by atoms with Crippen molar-refractivity contribution in [1.82, 2.24) is 4.90 Å². The van der Waals surface area contributed by atoms with Crippen LogP contribution in [0.1, 0.15) is 37.5 Å². The normalized spacial score (nSPS) is 12.6. The minimum Gasteiger partial charge on any atom is -0.494 e. The number of nitrogens with zero attached hydrogens (tertiary/aromatic N) is 1. The predicted molar refractivity (Wildman–Crippen MR) is 94.5 cm³/mol. The van der Waals surface area contributed by atoms with Crippen LogP contribution in [0.15, 0.2) is 48.5 Å². The van der Waals surface area contributed by atoms with Crippen molar-refractivity contribution in [2.45, 2.75) is 39.0 Å².